The van der Waals surface area contributed by atoms with Crippen LogP contribution in [0.25, 0.3) is 0 Å². The molecular weight excluding hydrogens is 530 g/mol. The zero-order chi connectivity index (χ0) is 30.2. The SMILES string of the molecule is Cc1cccc(C)c1NC(=O)Nc1cccc(CCCCOCCCCCCNC[C@H](O)c2ccc(O)c(CO)c2)c1. The van der Waals surface area contributed by atoms with Gasteiger partial charge in [-0.1, -0.05) is 49.2 Å². The lowest BCUT2D eigenvalue weighted by molar-refractivity contribution is 0.126. The summed E-state index contributed by atoms with van der Waals surface area (Å²) in [6.45, 7) is 6.51. The number of nitrogens with one attached hydrogen (secondary N) is 3. The Morgan fingerprint density at radius 1 is 0.857 bits per heavy atom. The summed E-state index contributed by atoms with van der Waals surface area (Å²) in [5.41, 5.74) is 6.00. The number of aromatic hydroxyl groups is 1. The summed E-state index contributed by atoms with van der Waals surface area (Å²) < 4.78 is 5.81. The molecule has 3 aromatic carbocycles. The smallest absolute Gasteiger partial charge is 0.323 e. The first kappa shape index (κ1) is 33.1. The van der Waals surface area contributed by atoms with Crippen molar-refractivity contribution in [3.8, 4) is 5.75 Å². The number of urea groups is 1. The van der Waals surface area contributed by atoms with Crippen molar-refractivity contribution in [1.29, 1.82) is 0 Å². The number of aryl methyl sites for hydroxylation is 3. The minimum Gasteiger partial charge on any atom is -0.508 e. The number of para-hydroxylation sites is 1. The zero-order valence-electron chi connectivity index (χ0n) is 25.0. The number of ether oxygens (including phenoxy) is 1. The van der Waals surface area contributed by atoms with E-state index in [1.807, 2.05) is 50.2 Å². The zero-order valence-corrected chi connectivity index (χ0v) is 25.0. The Bertz CT molecular complexity index is 1230. The van der Waals surface area contributed by atoms with Crippen molar-refractivity contribution < 1.29 is 24.9 Å². The van der Waals surface area contributed by atoms with Gasteiger partial charge in [0.2, 0.25) is 0 Å². The van der Waals surface area contributed by atoms with Gasteiger partial charge in [0.05, 0.1) is 12.7 Å². The molecule has 0 spiro atoms. The van der Waals surface area contributed by atoms with Crippen molar-refractivity contribution in [3.63, 3.8) is 0 Å². The number of benzene rings is 3. The van der Waals surface area contributed by atoms with E-state index in [0.29, 0.717) is 17.7 Å². The minimum atomic E-state index is -0.676. The Kier molecular flexibility index (Phi) is 14.3. The molecule has 0 saturated heterocycles. The van der Waals surface area contributed by atoms with Crippen LogP contribution in [0.1, 0.15) is 72.4 Å². The number of hydrogen-bond donors (Lipinski definition) is 6. The summed E-state index contributed by atoms with van der Waals surface area (Å²) >= 11 is 0. The van der Waals surface area contributed by atoms with Gasteiger partial charge in [0.15, 0.2) is 0 Å². The summed E-state index contributed by atoms with van der Waals surface area (Å²) in [6.07, 6.45) is 6.58. The van der Waals surface area contributed by atoms with E-state index in [9.17, 15) is 20.1 Å². The third-order valence-corrected chi connectivity index (χ3v) is 7.30. The van der Waals surface area contributed by atoms with E-state index in [4.69, 9.17) is 4.74 Å². The van der Waals surface area contributed by atoms with Gasteiger partial charge >= 0.3 is 6.03 Å². The molecule has 2 amide bonds. The second kappa shape index (κ2) is 18.2. The molecule has 228 valence electrons. The Morgan fingerprint density at radius 2 is 1.57 bits per heavy atom. The third-order valence-electron chi connectivity index (χ3n) is 7.30. The first-order valence-electron chi connectivity index (χ1n) is 15.0. The lowest BCUT2D eigenvalue weighted by atomic mass is 10.1. The predicted octanol–water partition coefficient (Wildman–Crippen LogP) is 6.37. The highest BCUT2D eigenvalue weighted by Crippen LogP contribution is 2.23. The number of amides is 2. The molecule has 0 unspecified atom stereocenters. The topological polar surface area (TPSA) is 123 Å². The normalized spacial score (nSPS) is 11.8. The number of carbonyl (C=O) groups is 1. The van der Waals surface area contributed by atoms with Gasteiger partial charge in [0, 0.05) is 36.7 Å². The van der Waals surface area contributed by atoms with Crippen molar-refractivity contribution in [3.05, 3.63) is 88.5 Å². The number of unbranched alkanes of at least 4 members (excludes halogenated alkanes) is 4. The highest BCUT2D eigenvalue weighted by atomic mass is 16.5. The number of aliphatic hydroxyl groups is 2. The van der Waals surface area contributed by atoms with Crippen LogP contribution in [0, 0.1) is 13.8 Å². The number of rotatable bonds is 18. The molecule has 1 atom stereocenters. The summed E-state index contributed by atoms with van der Waals surface area (Å²) in [4.78, 5) is 12.5. The van der Waals surface area contributed by atoms with Crippen molar-refractivity contribution in [2.24, 2.45) is 0 Å². The Morgan fingerprint density at radius 3 is 2.33 bits per heavy atom. The Hall–Kier alpha value is -3.43. The van der Waals surface area contributed by atoms with Crippen LogP contribution in [0.4, 0.5) is 16.2 Å². The van der Waals surface area contributed by atoms with Gasteiger partial charge in [-0.3, -0.25) is 0 Å². The lowest BCUT2D eigenvalue weighted by Crippen LogP contribution is -2.22. The van der Waals surface area contributed by atoms with Crippen LogP contribution < -0.4 is 16.0 Å². The molecule has 6 N–H and O–H groups in total. The fourth-order valence-corrected chi connectivity index (χ4v) is 4.83. The van der Waals surface area contributed by atoms with Crippen LogP contribution in [0.5, 0.6) is 5.75 Å². The second-order valence-electron chi connectivity index (χ2n) is 10.8. The van der Waals surface area contributed by atoms with Crippen LogP contribution in [-0.4, -0.2) is 47.7 Å². The molecule has 0 saturated carbocycles. The molecule has 0 aromatic heterocycles. The Labute approximate surface area is 250 Å². The van der Waals surface area contributed by atoms with E-state index >= 15 is 0 Å². The molecule has 0 radical (unpaired) electrons. The average molecular weight is 578 g/mol. The van der Waals surface area contributed by atoms with E-state index in [0.717, 1.165) is 87.2 Å². The van der Waals surface area contributed by atoms with Gasteiger partial charge in [-0.25, -0.2) is 4.79 Å². The van der Waals surface area contributed by atoms with Crippen LogP contribution in [0.2, 0.25) is 0 Å². The first-order chi connectivity index (χ1) is 20.4. The van der Waals surface area contributed by atoms with E-state index in [1.54, 1.807) is 12.1 Å². The predicted molar refractivity (Wildman–Crippen MR) is 169 cm³/mol. The van der Waals surface area contributed by atoms with Crippen molar-refractivity contribution in [1.82, 2.24) is 5.32 Å². The first-order valence-corrected chi connectivity index (χ1v) is 15.0. The van der Waals surface area contributed by atoms with E-state index in [1.165, 1.54) is 11.6 Å². The highest BCUT2D eigenvalue weighted by molar-refractivity contribution is 6.00. The number of hydrogen-bond acceptors (Lipinski definition) is 6. The summed E-state index contributed by atoms with van der Waals surface area (Å²) in [7, 11) is 0. The Balaban J connectivity index is 1.18. The van der Waals surface area contributed by atoms with Gasteiger partial charge in [-0.05, 0) is 99.0 Å². The summed E-state index contributed by atoms with van der Waals surface area (Å²) in [5.74, 6) is 0.0394. The highest BCUT2D eigenvalue weighted by Gasteiger charge is 2.10. The van der Waals surface area contributed by atoms with Crippen LogP contribution in [0.15, 0.2) is 60.7 Å². The number of aliphatic hydroxyl groups excluding tert-OH is 2. The van der Waals surface area contributed by atoms with Crippen LogP contribution in [-0.2, 0) is 17.8 Å². The maximum atomic E-state index is 12.5. The maximum Gasteiger partial charge on any atom is 0.323 e. The quantitative estimate of drug-likeness (QED) is 0.0977. The lowest BCUT2D eigenvalue weighted by Gasteiger charge is -2.14. The standard InChI is InChI=1S/C34H47N3O5/c1-25-11-9-12-26(2)33(25)37-34(41)36-30-15-10-14-27(21-30)13-5-8-20-42-19-7-4-3-6-18-35-23-32(40)28-16-17-31(39)29(22-28)24-38/h9-12,14-17,21-22,32,35,38-40H,3-8,13,18-20,23-24H2,1-2H3,(H2,36,37,41)/t32-/m0/s1. The van der Waals surface area contributed by atoms with Gasteiger partial charge in [0.1, 0.15) is 5.75 Å². The van der Waals surface area contributed by atoms with E-state index in [-0.39, 0.29) is 18.4 Å². The van der Waals surface area contributed by atoms with Gasteiger partial charge < -0.3 is 36.0 Å². The summed E-state index contributed by atoms with van der Waals surface area (Å²) in [5, 5.41) is 38.4. The van der Waals surface area contributed by atoms with Crippen molar-refractivity contribution in [2.75, 3.05) is 36.9 Å². The fraction of sp³-hybridized carbons (Fsp3) is 0.441. The molecule has 0 heterocycles. The molecule has 0 aliphatic rings. The molecule has 0 bridgehead atoms. The minimum absolute atomic E-state index is 0.0394. The van der Waals surface area contributed by atoms with Crippen LogP contribution >= 0.6 is 0 Å². The van der Waals surface area contributed by atoms with Crippen LogP contribution in [0.3, 0.4) is 0 Å². The van der Waals surface area contributed by atoms with Gasteiger partial charge in [-0.15, -0.1) is 0 Å². The molecule has 8 heteroatoms. The van der Waals surface area contributed by atoms with Crippen molar-refractivity contribution >= 4 is 17.4 Å². The largest absolute Gasteiger partial charge is 0.508 e. The summed E-state index contributed by atoms with van der Waals surface area (Å²) in [6, 6.07) is 18.5. The van der Waals surface area contributed by atoms with Gasteiger partial charge in [-0.2, -0.15) is 0 Å². The molecule has 0 fully saturated rings. The molecule has 8 nitrogen and oxygen atoms in total. The molecule has 3 aromatic rings. The van der Waals surface area contributed by atoms with Gasteiger partial charge in [0.25, 0.3) is 0 Å². The molecular formula is C34H47N3O5. The third kappa shape index (κ3) is 11.4. The molecule has 0 aliphatic heterocycles. The second-order valence-corrected chi connectivity index (χ2v) is 10.8. The molecule has 42 heavy (non-hydrogen) atoms. The maximum absolute atomic E-state index is 12.5. The van der Waals surface area contributed by atoms with Crippen molar-refractivity contribution in [2.45, 2.75) is 71.5 Å². The average Bonchev–Trinajstić information content (AvgIpc) is 2.97. The number of phenols is 1. The number of anilines is 2. The fourth-order valence-electron chi connectivity index (χ4n) is 4.83. The monoisotopic (exact) mass is 577 g/mol. The van der Waals surface area contributed by atoms with E-state index < -0.39 is 6.10 Å². The molecule has 0 aliphatic carbocycles. The number of carbonyl (C=O) groups excluding carboxylic acids is 1. The molecule has 3 rings (SSSR count). The van der Waals surface area contributed by atoms with E-state index in [2.05, 4.69) is 22.0 Å².